The Hall–Kier alpha value is -2.71. The Balaban J connectivity index is 1.37. The molecule has 0 bridgehead atoms. The standard InChI is InChI=1S/C21H30N6O2/c1-16-21(17(2)25(3)24-16)23-20(29)15-27-11-9-26(10-12-27)14-19(28)22-13-18-7-5-4-6-8-18/h4-8H,9-15H2,1-3H3,(H,22,28)(H,23,29). The molecule has 29 heavy (non-hydrogen) atoms. The van der Waals surface area contributed by atoms with Crippen molar-refractivity contribution in [1.82, 2.24) is 24.9 Å². The van der Waals surface area contributed by atoms with Crippen molar-refractivity contribution in [2.24, 2.45) is 7.05 Å². The first-order valence-corrected chi connectivity index (χ1v) is 9.97. The number of aryl methyl sites for hydroxylation is 2. The summed E-state index contributed by atoms with van der Waals surface area (Å²) in [6.45, 7) is 8.21. The van der Waals surface area contributed by atoms with Gasteiger partial charge in [0.15, 0.2) is 0 Å². The van der Waals surface area contributed by atoms with Crippen LogP contribution in [0.2, 0.25) is 0 Å². The molecule has 1 aliphatic heterocycles. The summed E-state index contributed by atoms with van der Waals surface area (Å²) < 4.78 is 1.77. The van der Waals surface area contributed by atoms with Crippen LogP contribution in [-0.2, 0) is 23.2 Å². The second kappa shape index (κ2) is 9.67. The molecule has 1 aromatic carbocycles. The van der Waals surface area contributed by atoms with Crippen LogP contribution < -0.4 is 10.6 Å². The number of carbonyl (C=O) groups is 2. The first-order valence-electron chi connectivity index (χ1n) is 9.97. The van der Waals surface area contributed by atoms with Crippen LogP contribution in [0.25, 0.3) is 0 Å². The number of nitrogens with zero attached hydrogens (tertiary/aromatic N) is 4. The van der Waals surface area contributed by atoms with Crippen LogP contribution >= 0.6 is 0 Å². The van der Waals surface area contributed by atoms with Crippen molar-refractivity contribution in [1.29, 1.82) is 0 Å². The normalized spacial score (nSPS) is 15.3. The van der Waals surface area contributed by atoms with Gasteiger partial charge in [0.1, 0.15) is 0 Å². The zero-order valence-electron chi connectivity index (χ0n) is 17.4. The van der Waals surface area contributed by atoms with Crippen molar-refractivity contribution in [2.75, 3.05) is 44.6 Å². The van der Waals surface area contributed by atoms with Gasteiger partial charge in [0, 0.05) is 39.8 Å². The van der Waals surface area contributed by atoms with Crippen LogP contribution in [0.3, 0.4) is 0 Å². The number of aromatic nitrogens is 2. The van der Waals surface area contributed by atoms with Crippen molar-refractivity contribution in [3.63, 3.8) is 0 Å². The summed E-state index contributed by atoms with van der Waals surface area (Å²) in [5.41, 5.74) is 3.66. The summed E-state index contributed by atoms with van der Waals surface area (Å²) in [7, 11) is 1.87. The lowest BCUT2D eigenvalue weighted by Gasteiger charge is -2.33. The molecular formula is C21H30N6O2. The fourth-order valence-electron chi connectivity index (χ4n) is 3.50. The first-order chi connectivity index (χ1) is 13.9. The van der Waals surface area contributed by atoms with Crippen LogP contribution in [0.5, 0.6) is 0 Å². The van der Waals surface area contributed by atoms with Crippen LogP contribution in [0.4, 0.5) is 5.69 Å². The Morgan fingerprint density at radius 1 is 0.966 bits per heavy atom. The van der Waals surface area contributed by atoms with Crippen LogP contribution in [0, 0.1) is 13.8 Å². The molecule has 0 radical (unpaired) electrons. The monoisotopic (exact) mass is 398 g/mol. The van der Waals surface area contributed by atoms with Gasteiger partial charge in [-0.05, 0) is 19.4 Å². The van der Waals surface area contributed by atoms with Gasteiger partial charge in [-0.25, -0.2) is 0 Å². The van der Waals surface area contributed by atoms with Gasteiger partial charge in [0.25, 0.3) is 0 Å². The minimum Gasteiger partial charge on any atom is -0.351 e. The number of anilines is 1. The zero-order valence-corrected chi connectivity index (χ0v) is 17.4. The molecule has 2 amide bonds. The minimum absolute atomic E-state index is 0.0294. The summed E-state index contributed by atoms with van der Waals surface area (Å²) in [5.74, 6) is 0.000767. The van der Waals surface area contributed by atoms with Crippen LogP contribution in [0.1, 0.15) is 17.0 Å². The molecule has 0 spiro atoms. The Morgan fingerprint density at radius 2 is 1.55 bits per heavy atom. The Morgan fingerprint density at radius 3 is 2.10 bits per heavy atom. The summed E-state index contributed by atoms with van der Waals surface area (Å²) in [6, 6.07) is 9.89. The number of carbonyl (C=O) groups excluding carboxylic acids is 2. The van der Waals surface area contributed by atoms with Gasteiger partial charge in [-0.2, -0.15) is 5.10 Å². The lowest BCUT2D eigenvalue weighted by Crippen LogP contribution is -2.50. The lowest BCUT2D eigenvalue weighted by atomic mass is 10.2. The SMILES string of the molecule is Cc1nn(C)c(C)c1NC(=O)CN1CCN(CC(=O)NCc2ccccc2)CC1. The number of nitrogens with one attached hydrogen (secondary N) is 2. The maximum absolute atomic E-state index is 12.4. The molecule has 2 aromatic rings. The summed E-state index contributed by atoms with van der Waals surface area (Å²) in [4.78, 5) is 28.8. The fourth-order valence-corrected chi connectivity index (χ4v) is 3.50. The van der Waals surface area contributed by atoms with Crippen molar-refractivity contribution < 1.29 is 9.59 Å². The van der Waals surface area contributed by atoms with E-state index in [0.29, 0.717) is 19.6 Å². The Labute approximate surface area is 171 Å². The van der Waals surface area contributed by atoms with E-state index in [1.165, 1.54) is 0 Å². The predicted molar refractivity (Wildman–Crippen MR) is 112 cm³/mol. The number of hydrogen-bond acceptors (Lipinski definition) is 5. The summed E-state index contributed by atoms with van der Waals surface area (Å²) >= 11 is 0. The molecule has 0 atom stereocenters. The van der Waals surface area contributed by atoms with E-state index in [2.05, 4.69) is 25.5 Å². The van der Waals surface area contributed by atoms with E-state index in [0.717, 1.165) is 48.8 Å². The van der Waals surface area contributed by atoms with Crippen molar-refractivity contribution in [2.45, 2.75) is 20.4 Å². The molecule has 1 aromatic heterocycles. The number of hydrogen-bond donors (Lipinski definition) is 2. The third-order valence-corrected chi connectivity index (χ3v) is 5.31. The molecule has 3 rings (SSSR count). The fraction of sp³-hybridized carbons (Fsp3) is 0.476. The smallest absolute Gasteiger partial charge is 0.238 e. The highest BCUT2D eigenvalue weighted by atomic mass is 16.2. The van der Waals surface area contributed by atoms with E-state index in [4.69, 9.17) is 0 Å². The summed E-state index contributed by atoms with van der Waals surface area (Å²) in [5, 5.41) is 10.3. The molecule has 156 valence electrons. The molecule has 0 saturated carbocycles. The van der Waals surface area contributed by atoms with E-state index in [1.54, 1.807) is 4.68 Å². The molecule has 0 unspecified atom stereocenters. The van der Waals surface area contributed by atoms with Crippen molar-refractivity contribution in [3.05, 3.63) is 47.3 Å². The minimum atomic E-state index is -0.0294. The van der Waals surface area contributed by atoms with Gasteiger partial charge in [0.2, 0.25) is 11.8 Å². The van der Waals surface area contributed by atoms with Crippen LogP contribution in [-0.4, -0.2) is 70.7 Å². The number of amides is 2. The Kier molecular flexibility index (Phi) is 7.00. The highest BCUT2D eigenvalue weighted by Crippen LogP contribution is 2.18. The second-order valence-corrected chi connectivity index (χ2v) is 7.53. The van der Waals surface area contributed by atoms with E-state index >= 15 is 0 Å². The highest BCUT2D eigenvalue weighted by Gasteiger charge is 2.21. The van der Waals surface area contributed by atoms with Gasteiger partial charge in [-0.15, -0.1) is 0 Å². The largest absolute Gasteiger partial charge is 0.351 e. The van der Waals surface area contributed by atoms with Crippen molar-refractivity contribution >= 4 is 17.5 Å². The van der Waals surface area contributed by atoms with E-state index in [9.17, 15) is 9.59 Å². The second-order valence-electron chi connectivity index (χ2n) is 7.53. The third-order valence-electron chi connectivity index (χ3n) is 5.31. The molecule has 1 aliphatic rings. The maximum Gasteiger partial charge on any atom is 0.238 e. The summed E-state index contributed by atoms with van der Waals surface area (Å²) in [6.07, 6.45) is 0. The van der Waals surface area contributed by atoms with Gasteiger partial charge >= 0.3 is 0 Å². The number of rotatable bonds is 7. The van der Waals surface area contributed by atoms with Gasteiger partial charge in [0.05, 0.1) is 30.2 Å². The quantitative estimate of drug-likeness (QED) is 0.725. The zero-order chi connectivity index (χ0) is 20.8. The molecule has 1 fully saturated rings. The van der Waals surface area contributed by atoms with Gasteiger partial charge in [-0.1, -0.05) is 30.3 Å². The lowest BCUT2D eigenvalue weighted by molar-refractivity contribution is -0.123. The molecule has 8 heteroatoms. The van der Waals surface area contributed by atoms with Crippen molar-refractivity contribution in [3.8, 4) is 0 Å². The molecule has 2 N–H and O–H groups in total. The molecule has 1 saturated heterocycles. The number of benzene rings is 1. The van der Waals surface area contributed by atoms with Gasteiger partial charge < -0.3 is 10.6 Å². The molecule has 8 nitrogen and oxygen atoms in total. The predicted octanol–water partition coefficient (Wildman–Crippen LogP) is 0.909. The Bertz CT molecular complexity index is 840. The van der Waals surface area contributed by atoms with E-state index in [1.807, 2.05) is 51.2 Å². The molecular weight excluding hydrogens is 368 g/mol. The van der Waals surface area contributed by atoms with E-state index < -0.39 is 0 Å². The van der Waals surface area contributed by atoms with E-state index in [-0.39, 0.29) is 11.8 Å². The van der Waals surface area contributed by atoms with Crippen LogP contribution in [0.15, 0.2) is 30.3 Å². The highest BCUT2D eigenvalue weighted by molar-refractivity contribution is 5.93. The molecule has 2 heterocycles. The topological polar surface area (TPSA) is 82.5 Å². The average Bonchev–Trinajstić information content (AvgIpc) is 2.95. The third kappa shape index (κ3) is 5.88. The molecule has 0 aliphatic carbocycles. The van der Waals surface area contributed by atoms with Gasteiger partial charge in [-0.3, -0.25) is 24.1 Å². The average molecular weight is 399 g/mol. The number of piperazine rings is 1. The maximum atomic E-state index is 12.4. The first kappa shape index (κ1) is 21.0.